The average Bonchev–Trinajstić information content (AvgIpc) is 1.88. The molecule has 0 bridgehead atoms. The van der Waals surface area contributed by atoms with E-state index in [4.69, 9.17) is 6.58 Å². The summed E-state index contributed by atoms with van der Waals surface area (Å²) in [6, 6.07) is 0. The lowest BCUT2D eigenvalue weighted by Crippen LogP contribution is -1.99. The third-order valence-corrected chi connectivity index (χ3v) is 1.88. The maximum Gasteiger partial charge on any atom is -0.0256 e. The van der Waals surface area contributed by atoms with E-state index in [1.165, 1.54) is 19.3 Å². The van der Waals surface area contributed by atoms with E-state index in [2.05, 4.69) is 20.8 Å². The molecule has 0 aliphatic heterocycles. The first-order chi connectivity index (χ1) is 4.70. The Labute approximate surface area is 65.3 Å². The van der Waals surface area contributed by atoms with E-state index in [0.29, 0.717) is 5.92 Å². The number of hydrogen-bond donors (Lipinski definition) is 0. The van der Waals surface area contributed by atoms with Gasteiger partial charge in [-0.1, -0.05) is 46.3 Å². The quantitative estimate of drug-likeness (QED) is 0.547. The second-order valence-corrected chi connectivity index (χ2v) is 3.30. The van der Waals surface area contributed by atoms with E-state index in [1.54, 1.807) is 6.08 Å². The summed E-state index contributed by atoms with van der Waals surface area (Å²) in [6.07, 6.45) is 5.66. The van der Waals surface area contributed by atoms with Gasteiger partial charge in [-0.3, -0.25) is 0 Å². The van der Waals surface area contributed by atoms with Gasteiger partial charge in [0.15, 0.2) is 0 Å². The molecular formula is C10H19. The van der Waals surface area contributed by atoms with Gasteiger partial charge in [0.05, 0.1) is 0 Å². The fraction of sp³-hybridized carbons (Fsp3) is 0.800. The van der Waals surface area contributed by atoms with Gasteiger partial charge in [-0.2, -0.15) is 0 Å². The van der Waals surface area contributed by atoms with Crippen molar-refractivity contribution in [3.63, 3.8) is 0 Å². The molecule has 0 aromatic heterocycles. The Kier molecular flexibility index (Phi) is 5.38. The molecule has 0 aliphatic rings. The van der Waals surface area contributed by atoms with Crippen LogP contribution in [-0.2, 0) is 0 Å². The van der Waals surface area contributed by atoms with Gasteiger partial charge in [-0.05, 0) is 18.3 Å². The summed E-state index contributed by atoms with van der Waals surface area (Å²) in [5.41, 5.74) is 0. The van der Waals surface area contributed by atoms with Crippen LogP contribution in [0.4, 0.5) is 0 Å². The first-order valence-corrected chi connectivity index (χ1v) is 4.25. The van der Waals surface area contributed by atoms with Crippen LogP contribution in [0.25, 0.3) is 0 Å². The smallest absolute Gasteiger partial charge is 0.0256 e. The molecule has 1 radical (unpaired) electrons. The SMILES string of the molecule is [CH]=CC(C)CC(C)CCC. The minimum absolute atomic E-state index is 0.585. The van der Waals surface area contributed by atoms with E-state index >= 15 is 0 Å². The number of hydrogen-bond acceptors (Lipinski definition) is 0. The maximum atomic E-state index is 5.39. The summed E-state index contributed by atoms with van der Waals surface area (Å²) in [5, 5.41) is 0. The maximum absolute atomic E-state index is 5.39. The Morgan fingerprint density at radius 1 is 1.40 bits per heavy atom. The molecule has 0 amide bonds. The van der Waals surface area contributed by atoms with Crippen LogP contribution in [0.15, 0.2) is 6.08 Å². The zero-order valence-corrected chi connectivity index (χ0v) is 7.43. The molecule has 0 saturated heterocycles. The lowest BCUT2D eigenvalue weighted by molar-refractivity contribution is 0.434. The summed E-state index contributed by atoms with van der Waals surface area (Å²) >= 11 is 0. The Hall–Kier alpha value is -0.260. The van der Waals surface area contributed by atoms with E-state index in [-0.39, 0.29) is 0 Å². The molecule has 2 atom stereocenters. The summed E-state index contributed by atoms with van der Waals surface area (Å²) in [6.45, 7) is 12.1. The van der Waals surface area contributed by atoms with Crippen LogP contribution in [0.2, 0.25) is 0 Å². The minimum Gasteiger partial charge on any atom is -0.0817 e. The monoisotopic (exact) mass is 139 g/mol. The largest absolute Gasteiger partial charge is 0.0817 e. The van der Waals surface area contributed by atoms with E-state index in [1.807, 2.05) is 0 Å². The highest BCUT2D eigenvalue weighted by Gasteiger charge is 2.03. The molecule has 10 heavy (non-hydrogen) atoms. The van der Waals surface area contributed by atoms with Crippen molar-refractivity contribution in [2.75, 3.05) is 0 Å². The molecule has 0 aromatic rings. The molecule has 0 aliphatic carbocycles. The van der Waals surface area contributed by atoms with Gasteiger partial charge in [-0.15, -0.1) is 0 Å². The van der Waals surface area contributed by atoms with Crippen molar-refractivity contribution >= 4 is 0 Å². The first kappa shape index (κ1) is 9.74. The highest BCUT2D eigenvalue weighted by atomic mass is 14.1. The fourth-order valence-corrected chi connectivity index (χ4v) is 1.32. The third kappa shape index (κ3) is 4.60. The molecule has 0 fully saturated rings. The summed E-state index contributed by atoms with van der Waals surface area (Å²) in [7, 11) is 0. The van der Waals surface area contributed by atoms with Crippen LogP contribution in [0, 0.1) is 18.4 Å². The highest BCUT2D eigenvalue weighted by Crippen LogP contribution is 2.16. The lowest BCUT2D eigenvalue weighted by atomic mass is 9.94. The first-order valence-electron chi connectivity index (χ1n) is 4.25. The Morgan fingerprint density at radius 2 is 2.00 bits per heavy atom. The zero-order valence-electron chi connectivity index (χ0n) is 7.43. The Morgan fingerprint density at radius 3 is 2.40 bits per heavy atom. The van der Waals surface area contributed by atoms with Gasteiger partial charge in [-0.25, -0.2) is 0 Å². The third-order valence-electron chi connectivity index (χ3n) is 1.88. The minimum atomic E-state index is 0.585. The van der Waals surface area contributed by atoms with E-state index in [9.17, 15) is 0 Å². The summed E-state index contributed by atoms with van der Waals surface area (Å²) in [5.74, 6) is 1.42. The Balaban J connectivity index is 3.36. The highest BCUT2D eigenvalue weighted by molar-refractivity contribution is 4.73. The van der Waals surface area contributed by atoms with Crippen LogP contribution in [0.1, 0.15) is 40.0 Å². The van der Waals surface area contributed by atoms with Crippen molar-refractivity contribution < 1.29 is 0 Å². The molecule has 59 valence electrons. The molecule has 0 nitrogen and oxygen atoms in total. The van der Waals surface area contributed by atoms with Gasteiger partial charge in [0.25, 0.3) is 0 Å². The molecular weight excluding hydrogens is 120 g/mol. The lowest BCUT2D eigenvalue weighted by Gasteiger charge is -2.12. The summed E-state index contributed by atoms with van der Waals surface area (Å²) in [4.78, 5) is 0. The Bertz CT molecular complexity index is 84.0. The van der Waals surface area contributed by atoms with Crippen molar-refractivity contribution in [2.24, 2.45) is 11.8 Å². The van der Waals surface area contributed by atoms with Crippen LogP contribution < -0.4 is 0 Å². The number of allylic oxidation sites excluding steroid dienone is 1. The zero-order chi connectivity index (χ0) is 7.98. The van der Waals surface area contributed by atoms with Gasteiger partial charge in [0.1, 0.15) is 0 Å². The van der Waals surface area contributed by atoms with Crippen LogP contribution in [0.5, 0.6) is 0 Å². The molecule has 0 heterocycles. The topological polar surface area (TPSA) is 0 Å². The van der Waals surface area contributed by atoms with Crippen LogP contribution >= 0.6 is 0 Å². The number of rotatable bonds is 5. The predicted molar refractivity (Wildman–Crippen MR) is 46.7 cm³/mol. The second-order valence-electron chi connectivity index (χ2n) is 3.30. The van der Waals surface area contributed by atoms with Crippen molar-refractivity contribution in [1.82, 2.24) is 0 Å². The van der Waals surface area contributed by atoms with Gasteiger partial charge in [0, 0.05) is 0 Å². The fourth-order valence-electron chi connectivity index (χ4n) is 1.32. The van der Waals surface area contributed by atoms with E-state index in [0.717, 1.165) is 5.92 Å². The molecule has 0 rings (SSSR count). The van der Waals surface area contributed by atoms with Crippen molar-refractivity contribution in [3.8, 4) is 0 Å². The standard InChI is InChI=1S/C10H19/c1-5-7-10(4)8-9(3)6-2/h2,6,9-10H,5,7-8H2,1,3-4H3. The van der Waals surface area contributed by atoms with Crippen molar-refractivity contribution in [1.29, 1.82) is 0 Å². The molecule has 0 heteroatoms. The average molecular weight is 139 g/mol. The molecule has 2 unspecified atom stereocenters. The van der Waals surface area contributed by atoms with Gasteiger partial charge < -0.3 is 0 Å². The van der Waals surface area contributed by atoms with Gasteiger partial charge >= 0.3 is 0 Å². The van der Waals surface area contributed by atoms with Gasteiger partial charge in [0.2, 0.25) is 0 Å². The van der Waals surface area contributed by atoms with Crippen LogP contribution in [-0.4, -0.2) is 0 Å². The normalized spacial score (nSPS) is 16.3. The van der Waals surface area contributed by atoms with Crippen LogP contribution in [0.3, 0.4) is 0 Å². The van der Waals surface area contributed by atoms with Crippen molar-refractivity contribution in [3.05, 3.63) is 12.7 Å². The predicted octanol–water partition coefficient (Wildman–Crippen LogP) is 3.44. The molecule has 0 saturated carbocycles. The molecule has 0 spiro atoms. The summed E-state index contributed by atoms with van der Waals surface area (Å²) < 4.78 is 0. The molecule has 0 N–H and O–H groups in total. The second kappa shape index (κ2) is 5.52. The van der Waals surface area contributed by atoms with E-state index < -0.39 is 0 Å². The molecule has 0 aromatic carbocycles. The van der Waals surface area contributed by atoms with Crippen molar-refractivity contribution in [2.45, 2.75) is 40.0 Å².